The number of alkyl halides is 1. The molecule has 0 bridgehead atoms. The summed E-state index contributed by atoms with van der Waals surface area (Å²) in [6.07, 6.45) is -3.07. The number of rotatable bonds is 1. The van der Waals surface area contributed by atoms with E-state index in [1.165, 1.54) is 0 Å². The molecule has 0 unspecified atom stereocenters. The van der Waals surface area contributed by atoms with Gasteiger partial charge < -0.3 is 14.9 Å². The highest BCUT2D eigenvalue weighted by Gasteiger charge is 2.41. The average Bonchev–Trinajstić information content (AvgIpc) is 2.17. The topological polar surface area (TPSA) is 66.8 Å². The normalized spacial score (nSPS) is 39.9. The summed E-state index contributed by atoms with van der Waals surface area (Å²) in [6, 6.07) is 0. The Bertz CT molecular complexity index is 149. The monoisotopic (exact) mass is 210 g/mol. The van der Waals surface area contributed by atoms with Gasteiger partial charge in [0.25, 0.3) is 0 Å². The molecule has 1 heterocycles. The van der Waals surface area contributed by atoms with Crippen molar-refractivity contribution in [2.24, 2.45) is 0 Å². The van der Waals surface area contributed by atoms with Crippen LogP contribution in [-0.4, -0.2) is 39.8 Å². The molecule has 1 aliphatic heterocycles. The number of halogens is 1. The summed E-state index contributed by atoms with van der Waals surface area (Å²) in [5, 5.41) is 18.2. The molecule has 0 aromatic carbocycles. The second kappa shape index (κ2) is 2.86. The Morgan fingerprint density at radius 1 is 1.60 bits per heavy atom. The summed E-state index contributed by atoms with van der Waals surface area (Å²) >= 11 is 3.02. The van der Waals surface area contributed by atoms with E-state index >= 15 is 0 Å². The zero-order valence-electron chi connectivity index (χ0n) is 5.03. The first-order chi connectivity index (χ1) is 4.66. The van der Waals surface area contributed by atoms with Gasteiger partial charge in [0, 0.05) is 5.33 Å². The van der Waals surface area contributed by atoms with Crippen molar-refractivity contribution in [3.63, 3.8) is 0 Å². The maximum absolute atomic E-state index is 10.5. The van der Waals surface area contributed by atoms with Crippen LogP contribution >= 0.6 is 15.9 Å². The molecule has 0 spiro atoms. The predicted octanol–water partition coefficient (Wildman–Crippen LogP) is -0.972. The lowest BCUT2D eigenvalue weighted by Gasteiger charge is -2.08. The van der Waals surface area contributed by atoms with E-state index in [9.17, 15) is 4.79 Å². The van der Waals surface area contributed by atoms with Crippen molar-refractivity contribution in [1.29, 1.82) is 0 Å². The summed E-state index contributed by atoms with van der Waals surface area (Å²) in [5.41, 5.74) is 0. The third-order valence-corrected chi connectivity index (χ3v) is 2.00. The average molecular weight is 211 g/mol. The lowest BCUT2D eigenvalue weighted by atomic mass is 10.2. The van der Waals surface area contributed by atoms with Crippen LogP contribution in [0.5, 0.6) is 0 Å². The lowest BCUT2D eigenvalue weighted by Crippen LogP contribution is -2.31. The Balaban J connectivity index is 2.61. The first-order valence-corrected chi connectivity index (χ1v) is 3.91. The van der Waals surface area contributed by atoms with Crippen molar-refractivity contribution in [3.05, 3.63) is 0 Å². The van der Waals surface area contributed by atoms with Crippen LogP contribution in [0, 0.1) is 0 Å². The van der Waals surface area contributed by atoms with Gasteiger partial charge in [0.2, 0.25) is 0 Å². The van der Waals surface area contributed by atoms with Crippen LogP contribution in [0.1, 0.15) is 0 Å². The van der Waals surface area contributed by atoms with Crippen LogP contribution < -0.4 is 0 Å². The van der Waals surface area contributed by atoms with Gasteiger partial charge in [0.15, 0.2) is 6.10 Å². The van der Waals surface area contributed by atoms with E-state index in [2.05, 4.69) is 20.7 Å². The molecule has 10 heavy (non-hydrogen) atoms. The minimum atomic E-state index is -1.37. The summed E-state index contributed by atoms with van der Waals surface area (Å²) < 4.78 is 4.55. The Kier molecular flexibility index (Phi) is 2.28. The third-order valence-electron chi connectivity index (χ3n) is 1.37. The number of ether oxygens (including phenoxy) is 1. The molecular formula is C5H7BrO4. The van der Waals surface area contributed by atoms with E-state index in [4.69, 9.17) is 10.2 Å². The largest absolute Gasteiger partial charge is 0.457 e. The standard InChI is InChI=1S/C5H7BrO4/c6-1-2-3(7)4(8)5(9)10-2/h2-4,7-8H,1H2/t2-,3+,4-/m1/s1. The van der Waals surface area contributed by atoms with Crippen LogP contribution in [0.25, 0.3) is 0 Å². The Labute approximate surface area is 65.9 Å². The van der Waals surface area contributed by atoms with Gasteiger partial charge in [-0.2, -0.15) is 0 Å². The number of hydrogen-bond acceptors (Lipinski definition) is 4. The SMILES string of the molecule is O=C1O[C@H](CBr)[C@H](O)[C@H]1O. The summed E-state index contributed by atoms with van der Waals surface area (Å²) in [4.78, 5) is 10.5. The summed E-state index contributed by atoms with van der Waals surface area (Å²) in [7, 11) is 0. The smallest absolute Gasteiger partial charge is 0.338 e. The van der Waals surface area contributed by atoms with Gasteiger partial charge in [-0.15, -0.1) is 0 Å². The molecule has 1 fully saturated rings. The van der Waals surface area contributed by atoms with Crippen LogP contribution in [0.15, 0.2) is 0 Å². The second-order valence-electron chi connectivity index (χ2n) is 2.07. The van der Waals surface area contributed by atoms with Gasteiger partial charge in [0.05, 0.1) is 0 Å². The predicted molar refractivity (Wildman–Crippen MR) is 35.7 cm³/mol. The molecule has 1 aliphatic rings. The highest BCUT2D eigenvalue weighted by molar-refractivity contribution is 9.09. The Hall–Kier alpha value is -0.130. The van der Waals surface area contributed by atoms with E-state index < -0.39 is 24.3 Å². The lowest BCUT2D eigenvalue weighted by molar-refractivity contribution is -0.146. The van der Waals surface area contributed by atoms with Gasteiger partial charge in [-0.1, -0.05) is 15.9 Å². The van der Waals surface area contributed by atoms with Crippen molar-refractivity contribution < 1.29 is 19.7 Å². The number of aliphatic hydroxyl groups is 2. The number of esters is 1. The molecule has 4 nitrogen and oxygen atoms in total. The molecule has 0 saturated carbocycles. The van der Waals surface area contributed by atoms with Gasteiger partial charge in [-0.3, -0.25) is 0 Å². The molecule has 5 heteroatoms. The molecule has 0 radical (unpaired) electrons. The van der Waals surface area contributed by atoms with Crippen LogP contribution in [0.4, 0.5) is 0 Å². The molecule has 0 aliphatic carbocycles. The van der Waals surface area contributed by atoms with Crippen molar-refractivity contribution in [2.45, 2.75) is 18.3 Å². The van der Waals surface area contributed by atoms with E-state index in [1.54, 1.807) is 0 Å². The molecular weight excluding hydrogens is 204 g/mol. The van der Waals surface area contributed by atoms with E-state index in [1.807, 2.05) is 0 Å². The maximum Gasteiger partial charge on any atom is 0.338 e. The third kappa shape index (κ3) is 1.16. The fourth-order valence-corrected chi connectivity index (χ4v) is 1.27. The molecule has 3 atom stereocenters. The fourth-order valence-electron chi connectivity index (χ4n) is 0.754. The quantitative estimate of drug-likeness (QED) is 0.432. The summed E-state index contributed by atoms with van der Waals surface area (Å²) in [6.45, 7) is 0. The summed E-state index contributed by atoms with van der Waals surface area (Å²) in [5.74, 6) is -0.753. The molecule has 0 amide bonds. The van der Waals surface area contributed by atoms with Crippen LogP contribution in [0.2, 0.25) is 0 Å². The molecule has 58 valence electrons. The molecule has 0 aromatic rings. The number of carbonyl (C=O) groups is 1. The van der Waals surface area contributed by atoms with Crippen LogP contribution in [0.3, 0.4) is 0 Å². The molecule has 2 N–H and O–H groups in total. The van der Waals surface area contributed by atoms with Crippen LogP contribution in [-0.2, 0) is 9.53 Å². The minimum absolute atomic E-state index is 0.344. The zero-order chi connectivity index (χ0) is 7.72. The van der Waals surface area contributed by atoms with Gasteiger partial charge in [0.1, 0.15) is 12.2 Å². The van der Waals surface area contributed by atoms with E-state index in [-0.39, 0.29) is 0 Å². The van der Waals surface area contributed by atoms with Gasteiger partial charge >= 0.3 is 5.97 Å². The molecule has 0 aromatic heterocycles. The van der Waals surface area contributed by atoms with Crippen molar-refractivity contribution in [3.8, 4) is 0 Å². The zero-order valence-corrected chi connectivity index (χ0v) is 6.61. The Morgan fingerprint density at radius 2 is 2.20 bits per heavy atom. The fraction of sp³-hybridized carbons (Fsp3) is 0.800. The minimum Gasteiger partial charge on any atom is -0.457 e. The van der Waals surface area contributed by atoms with Crippen molar-refractivity contribution in [1.82, 2.24) is 0 Å². The van der Waals surface area contributed by atoms with Gasteiger partial charge in [-0.25, -0.2) is 4.79 Å². The number of carbonyl (C=O) groups excluding carboxylic acids is 1. The van der Waals surface area contributed by atoms with Gasteiger partial charge in [-0.05, 0) is 0 Å². The van der Waals surface area contributed by atoms with E-state index in [0.717, 1.165) is 0 Å². The first-order valence-electron chi connectivity index (χ1n) is 2.79. The number of hydrogen-bond donors (Lipinski definition) is 2. The second-order valence-corrected chi connectivity index (χ2v) is 2.71. The van der Waals surface area contributed by atoms with Crippen molar-refractivity contribution in [2.75, 3.05) is 5.33 Å². The highest BCUT2D eigenvalue weighted by Crippen LogP contribution is 2.16. The maximum atomic E-state index is 10.5. The molecule has 1 rings (SSSR count). The number of aliphatic hydroxyl groups excluding tert-OH is 2. The van der Waals surface area contributed by atoms with Crippen molar-refractivity contribution >= 4 is 21.9 Å². The number of cyclic esters (lactones) is 1. The molecule has 1 saturated heterocycles. The Morgan fingerprint density at radius 3 is 2.40 bits per heavy atom. The highest BCUT2D eigenvalue weighted by atomic mass is 79.9. The first kappa shape index (κ1) is 7.97. The van der Waals surface area contributed by atoms with E-state index in [0.29, 0.717) is 5.33 Å².